The second-order valence-electron chi connectivity index (χ2n) is 8.67. The lowest BCUT2D eigenvalue weighted by Gasteiger charge is -2.33. The van der Waals surface area contributed by atoms with E-state index in [-0.39, 0.29) is 5.91 Å². The van der Waals surface area contributed by atoms with Gasteiger partial charge in [-0.3, -0.25) is 19.2 Å². The zero-order valence-electron chi connectivity index (χ0n) is 19.7. The minimum atomic E-state index is 0.0991. The molecule has 0 spiro atoms. The summed E-state index contributed by atoms with van der Waals surface area (Å²) in [5.41, 5.74) is 3.11. The molecular weight excluding hydrogens is 468 g/mol. The number of carbonyl (C=O) groups excluding carboxylic acids is 1. The van der Waals surface area contributed by atoms with Crippen LogP contribution in [0, 0.1) is 11.7 Å². The highest BCUT2D eigenvalue weighted by molar-refractivity contribution is 7.71. The number of nitrogens with one attached hydrogen (secondary N) is 1. The van der Waals surface area contributed by atoms with Crippen LogP contribution in [0.25, 0.3) is 17.1 Å². The predicted molar refractivity (Wildman–Crippen MR) is 139 cm³/mol. The molecule has 7 nitrogen and oxygen atoms in total. The van der Waals surface area contributed by atoms with E-state index in [0.717, 1.165) is 61.8 Å². The van der Waals surface area contributed by atoms with E-state index in [1.165, 1.54) is 0 Å². The summed E-state index contributed by atoms with van der Waals surface area (Å²) in [6, 6.07) is 16.0. The number of nitrogens with zero attached hydrogens (tertiary/aromatic N) is 5. The highest BCUT2D eigenvalue weighted by Crippen LogP contribution is 2.25. The molecule has 0 saturated carbocycles. The number of rotatable bonds is 8. The van der Waals surface area contributed by atoms with Gasteiger partial charge < -0.3 is 5.32 Å². The zero-order valence-corrected chi connectivity index (χ0v) is 21.3. The summed E-state index contributed by atoms with van der Waals surface area (Å²) in [4.78, 5) is 16.6. The lowest BCUT2D eigenvalue weighted by Crippen LogP contribution is -2.49. The van der Waals surface area contributed by atoms with Crippen LogP contribution in [-0.2, 0) is 11.5 Å². The molecule has 4 rings (SSSR count). The number of amides is 1. The van der Waals surface area contributed by atoms with E-state index in [1.807, 2.05) is 39.6 Å². The van der Waals surface area contributed by atoms with Gasteiger partial charge in [0.15, 0.2) is 5.82 Å². The highest BCUT2D eigenvalue weighted by atomic mass is 35.5. The van der Waals surface area contributed by atoms with Gasteiger partial charge in [0.1, 0.15) is 0 Å². The van der Waals surface area contributed by atoms with Crippen LogP contribution in [0.5, 0.6) is 0 Å². The van der Waals surface area contributed by atoms with Gasteiger partial charge in [-0.05, 0) is 67.5 Å². The maximum absolute atomic E-state index is 12.0. The first-order chi connectivity index (χ1) is 16.4. The molecule has 2 aromatic carbocycles. The minimum Gasteiger partial charge on any atom is -0.355 e. The third-order valence-electron chi connectivity index (χ3n) is 5.94. The Morgan fingerprint density at radius 1 is 1.09 bits per heavy atom. The van der Waals surface area contributed by atoms with Crippen LogP contribution in [0.1, 0.15) is 18.9 Å². The summed E-state index contributed by atoms with van der Waals surface area (Å²) < 4.78 is 4.57. The van der Waals surface area contributed by atoms with Crippen molar-refractivity contribution in [2.45, 2.75) is 26.9 Å². The number of aryl methyl sites for hydroxylation is 1. The van der Waals surface area contributed by atoms with E-state index in [0.29, 0.717) is 23.0 Å². The fourth-order valence-corrected chi connectivity index (χ4v) is 4.50. The summed E-state index contributed by atoms with van der Waals surface area (Å²) in [5, 5.41) is 8.56. The van der Waals surface area contributed by atoms with E-state index < -0.39 is 0 Å². The molecule has 9 heteroatoms. The van der Waals surface area contributed by atoms with Gasteiger partial charge in [0, 0.05) is 43.3 Å². The summed E-state index contributed by atoms with van der Waals surface area (Å²) in [6.45, 7) is 9.32. The SMILES string of the molecule is CCCNC(=O)CN1CCN(Cn2nc(-c3ccc(Cl)cc3)n(-c3cccc(C)c3)c2=S)CC1. The Kier molecular flexibility index (Phi) is 8.15. The highest BCUT2D eigenvalue weighted by Gasteiger charge is 2.21. The first kappa shape index (κ1) is 24.6. The average molecular weight is 499 g/mol. The number of hydrogen-bond donors (Lipinski definition) is 1. The molecule has 1 fully saturated rings. The number of piperazine rings is 1. The molecule has 1 amide bonds. The Bertz CT molecular complexity index is 1180. The van der Waals surface area contributed by atoms with Gasteiger partial charge in [-0.2, -0.15) is 0 Å². The van der Waals surface area contributed by atoms with Crippen molar-refractivity contribution in [1.82, 2.24) is 29.5 Å². The lowest BCUT2D eigenvalue weighted by molar-refractivity contribution is -0.122. The van der Waals surface area contributed by atoms with Gasteiger partial charge in [-0.25, -0.2) is 4.68 Å². The Hall–Kier alpha value is -2.52. The summed E-state index contributed by atoms with van der Waals surface area (Å²) in [6.07, 6.45) is 0.952. The summed E-state index contributed by atoms with van der Waals surface area (Å²) >= 11 is 12.0. The smallest absolute Gasteiger partial charge is 0.234 e. The molecular formula is C25H31ClN6OS. The molecule has 0 radical (unpaired) electrons. The monoisotopic (exact) mass is 498 g/mol. The molecule has 1 aromatic heterocycles. The molecule has 1 saturated heterocycles. The number of halogens is 1. The summed E-state index contributed by atoms with van der Waals surface area (Å²) in [5.74, 6) is 0.889. The van der Waals surface area contributed by atoms with Gasteiger partial charge >= 0.3 is 0 Å². The number of hydrogen-bond acceptors (Lipinski definition) is 5. The maximum atomic E-state index is 12.0. The van der Waals surface area contributed by atoms with Crippen molar-refractivity contribution in [1.29, 1.82) is 0 Å². The van der Waals surface area contributed by atoms with Crippen LogP contribution in [0.3, 0.4) is 0 Å². The maximum Gasteiger partial charge on any atom is 0.234 e. The fraction of sp³-hybridized carbons (Fsp3) is 0.400. The second-order valence-corrected chi connectivity index (χ2v) is 9.47. The molecule has 3 aromatic rings. The zero-order chi connectivity index (χ0) is 24.1. The molecule has 0 aliphatic carbocycles. The molecule has 1 aliphatic rings. The van der Waals surface area contributed by atoms with Crippen LogP contribution >= 0.6 is 23.8 Å². The standard InChI is InChI=1S/C25H31ClN6OS/c1-3-11-27-23(33)17-29-12-14-30(15-13-29)18-31-25(34)32(22-6-4-5-19(2)16-22)24(28-31)20-7-9-21(26)10-8-20/h4-10,16H,3,11-15,17-18H2,1-2H3,(H,27,33). The van der Waals surface area contributed by atoms with Crippen molar-refractivity contribution in [3.05, 3.63) is 63.9 Å². The largest absolute Gasteiger partial charge is 0.355 e. The third kappa shape index (κ3) is 5.93. The van der Waals surface area contributed by atoms with Crippen molar-refractivity contribution in [2.75, 3.05) is 39.3 Å². The molecule has 34 heavy (non-hydrogen) atoms. The second kappa shape index (κ2) is 11.3. The van der Waals surface area contributed by atoms with Gasteiger partial charge in [0.05, 0.1) is 18.9 Å². The van der Waals surface area contributed by atoms with E-state index in [9.17, 15) is 4.79 Å². The minimum absolute atomic E-state index is 0.0991. The Labute approximate surface area is 210 Å². The van der Waals surface area contributed by atoms with Crippen molar-refractivity contribution in [2.24, 2.45) is 0 Å². The van der Waals surface area contributed by atoms with Crippen molar-refractivity contribution in [3.8, 4) is 17.1 Å². The summed E-state index contributed by atoms with van der Waals surface area (Å²) in [7, 11) is 0. The molecule has 180 valence electrons. The van der Waals surface area contributed by atoms with E-state index >= 15 is 0 Å². The van der Waals surface area contributed by atoms with Crippen LogP contribution in [0.2, 0.25) is 5.02 Å². The predicted octanol–water partition coefficient (Wildman–Crippen LogP) is 4.13. The number of aromatic nitrogens is 3. The van der Waals surface area contributed by atoms with E-state index in [2.05, 4.69) is 47.2 Å². The third-order valence-corrected chi connectivity index (χ3v) is 6.59. The van der Waals surface area contributed by atoms with Crippen molar-refractivity contribution >= 4 is 29.7 Å². The van der Waals surface area contributed by atoms with Crippen LogP contribution in [0.15, 0.2) is 48.5 Å². The normalized spacial score (nSPS) is 14.9. The lowest BCUT2D eigenvalue weighted by atomic mass is 10.2. The Balaban J connectivity index is 1.53. The van der Waals surface area contributed by atoms with Gasteiger partial charge in [-0.15, -0.1) is 5.10 Å². The van der Waals surface area contributed by atoms with Gasteiger partial charge in [0.2, 0.25) is 10.7 Å². The number of benzene rings is 2. The van der Waals surface area contributed by atoms with Crippen molar-refractivity contribution < 1.29 is 4.79 Å². The first-order valence-corrected chi connectivity index (χ1v) is 12.5. The Morgan fingerprint density at radius 2 is 1.79 bits per heavy atom. The molecule has 1 aliphatic heterocycles. The number of carbonyl (C=O) groups is 1. The Morgan fingerprint density at radius 3 is 2.47 bits per heavy atom. The van der Waals surface area contributed by atoms with Crippen molar-refractivity contribution in [3.63, 3.8) is 0 Å². The molecule has 2 heterocycles. The van der Waals surface area contributed by atoms with E-state index in [4.69, 9.17) is 28.9 Å². The van der Waals surface area contributed by atoms with Crippen LogP contribution < -0.4 is 5.32 Å². The average Bonchev–Trinajstić information content (AvgIpc) is 3.15. The van der Waals surface area contributed by atoms with Gasteiger partial charge in [-0.1, -0.05) is 30.7 Å². The van der Waals surface area contributed by atoms with E-state index in [1.54, 1.807) is 0 Å². The van der Waals surface area contributed by atoms with Gasteiger partial charge in [0.25, 0.3) is 0 Å². The van der Waals surface area contributed by atoms with Crippen LogP contribution in [-0.4, -0.2) is 69.3 Å². The molecule has 0 bridgehead atoms. The van der Waals surface area contributed by atoms with Crippen LogP contribution in [0.4, 0.5) is 0 Å². The molecule has 0 atom stereocenters. The molecule has 0 unspecified atom stereocenters. The quantitative estimate of drug-likeness (QED) is 0.473. The first-order valence-electron chi connectivity index (χ1n) is 11.7. The molecule has 1 N–H and O–H groups in total. The fourth-order valence-electron chi connectivity index (χ4n) is 4.09. The topological polar surface area (TPSA) is 58.3 Å².